The Morgan fingerprint density at radius 1 is 1.33 bits per heavy atom. The van der Waals surface area contributed by atoms with Gasteiger partial charge >= 0.3 is 0 Å². The number of ether oxygens (including phenoxy) is 1. The fraction of sp³-hybridized carbons (Fsp3) is 0.412. The van der Waals surface area contributed by atoms with Gasteiger partial charge in [0.25, 0.3) is 0 Å². The highest BCUT2D eigenvalue weighted by atomic mass is 16.5. The number of rotatable bonds is 5. The van der Waals surface area contributed by atoms with E-state index in [0.29, 0.717) is 18.3 Å². The minimum Gasteiger partial charge on any atom is -0.497 e. The van der Waals surface area contributed by atoms with Gasteiger partial charge in [-0.05, 0) is 42.4 Å². The molecule has 4 nitrogen and oxygen atoms in total. The van der Waals surface area contributed by atoms with Crippen molar-refractivity contribution in [3.63, 3.8) is 0 Å². The van der Waals surface area contributed by atoms with Gasteiger partial charge in [-0.25, -0.2) is 5.43 Å². The largest absolute Gasteiger partial charge is 0.497 e. The summed E-state index contributed by atoms with van der Waals surface area (Å²) in [7, 11) is 1.63. The molecule has 2 aliphatic carbocycles. The van der Waals surface area contributed by atoms with Crippen molar-refractivity contribution in [2.24, 2.45) is 22.9 Å². The van der Waals surface area contributed by atoms with Crippen molar-refractivity contribution in [1.82, 2.24) is 5.43 Å². The zero-order valence-electron chi connectivity index (χ0n) is 12.2. The number of carbonyl (C=O) groups excluding carboxylic acids is 1. The molecule has 1 aromatic rings. The van der Waals surface area contributed by atoms with Crippen LogP contribution < -0.4 is 10.2 Å². The average molecular weight is 284 g/mol. The van der Waals surface area contributed by atoms with Gasteiger partial charge in [-0.15, -0.1) is 0 Å². The first-order valence-corrected chi connectivity index (χ1v) is 7.38. The van der Waals surface area contributed by atoms with Crippen LogP contribution in [0.1, 0.15) is 18.4 Å². The second-order valence-corrected chi connectivity index (χ2v) is 5.78. The molecule has 4 heteroatoms. The Morgan fingerprint density at radius 3 is 2.76 bits per heavy atom. The molecule has 21 heavy (non-hydrogen) atoms. The first kappa shape index (κ1) is 13.9. The van der Waals surface area contributed by atoms with Gasteiger partial charge in [0, 0.05) is 12.1 Å². The third-order valence-corrected chi connectivity index (χ3v) is 4.31. The highest BCUT2D eigenvalue weighted by Gasteiger charge is 2.34. The second-order valence-electron chi connectivity index (χ2n) is 5.78. The molecule has 0 heterocycles. The van der Waals surface area contributed by atoms with Gasteiger partial charge in [0.05, 0.1) is 13.5 Å². The third kappa shape index (κ3) is 3.32. The lowest BCUT2D eigenvalue weighted by Gasteiger charge is -2.11. The lowest BCUT2D eigenvalue weighted by Crippen LogP contribution is -2.21. The quantitative estimate of drug-likeness (QED) is 0.513. The van der Waals surface area contributed by atoms with Crippen molar-refractivity contribution in [2.45, 2.75) is 19.3 Å². The molecule has 0 aromatic heterocycles. The molecule has 0 saturated heterocycles. The van der Waals surface area contributed by atoms with E-state index in [1.165, 1.54) is 12.8 Å². The van der Waals surface area contributed by atoms with E-state index in [9.17, 15) is 4.79 Å². The van der Waals surface area contributed by atoms with Crippen LogP contribution in [0.15, 0.2) is 41.5 Å². The topological polar surface area (TPSA) is 50.7 Å². The number of fused-ring (bicyclic) bond motifs is 2. The minimum absolute atomic E-state index is 0.0879. The Labute approximate surface area is 124 Å². The predicted molar refractivity (Wildman–Crippen MR) is 82.2 cm³/mol. The zero-order chi connectivity index (χ0) is 14.7. The van der Waals surface area contributed by atoms with Crippen LogP contribution in [-0.4, -0.2) is 19.2 Å². The maximum absolute atomic E-state index is 11.8. The molecule has 0 aliphatic heterocycles. The molecule has 3 rings (SSSR count). The molecule has 0 unspecified atom stereocenters. The van der Waals surface area contributed by atoms with Gasteiger partial charge in [0.1, 0.15) is 5.75 Å². The molecule has 1 aromatic carbocycles. The molecule has 1 fully saturated rings. The Kier molecular flexibility index (Phi) is 4.04. The normalized spacial score (nSPS) is 26.4. The third-order valence-electron chi connectivity index (χ3n) is 4.31. The number of allylic oxidation sites excluding steroid dienone is 2. The van der Waals surface area contributed by atoms with Crippen molar-refractivity contribution in [2.75, 3.05) is 7.11 Å². The number of amides is 1. The molecule has 2 aliphatic rings. The van der Waals surface area contributed by atoms with Gasteiger partial charge in [0.2, 0.25) is 5.91 Å². The van der Waals surface area contributed by atoms with Crippen molar-refractivity contribution >= 4 is 12.1 Å². The highest BCUT2D eigenvalue weighted by molar-refractivity contribution is 5.79. The summed E-state index contributed by atoms with van der Waals surface area (Å²) in [6, 6.07) is 7.49. The zero-order valence-corrected chi connectivity index (χ0v) is 12.2. The van der Waals surface area contributed by atoms with Crippen LogP contribution in [0, 0.1) is 17.8 Å². The predicted octanol–water partition coefficient (Wildman–Crippen LogP) is 2.55. The Morgan fingerprint density at radius 2 is 2.14 bits per heavy atom. The van der Waals surface area contributed by atoms with Crippen LogP contribution in [0.2, 0.25) is 0 Å². The Hall–Kier alpha value is -2.10. The molecule has 1 N–H and O–H groups in total. The number of benzene rings is 1. The smallest absolute Gasteiger partial charge is 0.244 e. The summed E-state index contributed by atoms with van der Waals surface area (Å²) in [4.78, 5) is 11.8. The van der Waals surface area contributed by atoms with Crippen molar-refractivity contribution in [1.29, 1.82) is 0 Å². The first-order valence-electron chi connectivity index (χ1n) is 7.38. The minimum atomic E-state index is -0.0879. The monoisotopic (exact) mass is 284 g/mol. The van der Waals surface area contributed by atoms with Crippen molar-refractivity contribution in [3.8, 4) is 5.75 Å². The molecule has 3 atom stereocenters. The summed E-state index contributed by atoms with van der Waals surface area (Å²) in [5, 5.41) is 4.12. The van der Waals surface area contributed by atoms with Crippen molar-refractivity contribution < 1.29 is 9.53 Å². The van der Waals surface area contributed by atoms with Crippen LogP contribution >= 0.6 is 0 Å². The van der Waals surface area contributed by atoms with Gasteiger partial charge in [0.15, 0.2) is 0 Å². The van der Waals surface area contributed by atoms with Crippen LogP contribution in [0.3, 0.4) is 0 Å². The van der Waals surface area contributed by atoms with E-state index in [-0.39, 0.29) is 5.91 Å². The number of methoxy groups -OCH3 is 1. The van der Waals surface area contributed by atoms with Crippen LogP contribution in [0.25, 0.3) is 0 Å². The summed E-state index contributed by atoms with van der Waals surface area (Å²) in [6.45, 7) is 0. The van der Waals surface area contributed by atoms with Crippen LogP contribution in [0.5, 0.6) is 5.75 Å². The molecule has 2 bridgehead atoms. The molecule has 0 spiro atoms. The number of hydrogen-bond donors (Lipinski definition) is 1. The van der Waals surface area contributed by atoms with Gasteiger partial charge in [-0.1, -0.05) is 24.3 Å². The van der Waals surface area contributed by atoms with E-state index in [1.54, 1.807) is 7.11 Å². The van der Waals surface area contributed by atoms with Gasteiger partial charge < -0.3 is 4.74 Å². The van der Waals surface area contributed by atoms with E-state index < -0.39 is 0 Å². The average Bonchev–Trinajstić information content (AvgIpc) is 3.11. The van der Waals surface area contributed by atoms with Crippen LogP contribution in [-0.2, 0) is 11.2 Å². The number of nitrogens with zero attached hydrogens (tertiary/aromatic N) is 1. The summed E-state index contributed by atoms with van der Waals surface area (Å²) >= 11 is 0. The standard InChI is InChI=1S/C17H20N2O2/c1-21-16-6-3-12(4-7-16)10-17(20)19-18-11-15-9-13-2-5-14(15)8-13/h2-7,11,13-15H,8-10H2,1H3,(H,19,20)/b18-11-/t13-,14+,15-/m1/s1. The van der Waals surface area contributed by atoms with Crippen molar-refractivity contribution in [3.05, 3.63) is 42.0 Å². The number of nitrogens with one attached hydrogen (secondary N) is 1. The molecule has 0 radical (unpaired) electrons. The summed E-state index contributed by atoms with van der Waals surface area (Å²) in [5.41, 5.74) is 3.57. The van der Waals surface area contributed by atoms with E-state index in [0.717, 1.165) is 17.2 Å². The van der Waals surface area contributed by atoms with E-state index in [2.05, 4.69) is 22.7 Å². The summed E-state index contributed by atoms with van der Waals surface area (Å²) in [5.74, 6) is 2.54. The van der Waals surface area contributed by atoms with Gasteiger partial charge in [-0.3, -0.25) is 4.79 Å². The maximum Gasteiger partial charge on any atom is 0.244 e. The van der Waals surface area contributed by atoms with Crippen LogP contribution in [0.4, 0.5) is 0 Å². The Bertz CT molecular complexity index is 563. The fourth-order valence-electron chi connectivity index (χ4n) is 3.17. The van der Waals surface area contributed by atoms with E-state index in [4.69, 9.17) is 4.74 Å². The second kappa shape index (κ2) is 6.12. The molecular weight excluding hydrogens is 264 g/mol. The lowest BCUT2D eigenvalue weighted by molar-refractivity contribution is -0.120. The SMILES string of the molecule is COc1ccc(CC(=O)N/N=C\[C@H]2C[C@@H]3C=C[C@H]2C3)cc1. The maximum atomic E-state index is 11.8. The number of carbonyl (C=O) groups is 1. The number of hydrazone groups is 1. The molecular formula is C17H20N2O2. The molecule has 1 amide bonds. The number of hydrogen-bond acceptors (Lipinski definition) is 3. The summed E-state index contributed by atoms with van der Waals surface area (Å²) < 4.78 is 5.09. The summed E-state index contributed by atoms with van der Waals surface area (Å²) in [6.07, 6.45) is 9.23. The van der Waals surface area contributed by atoms with E-state index in [1.807, 2.05) is 30.5 Å². The highest BCUT2D eigenvalue weighted by Crippen LogP contribution is 2.42. The molecule has 1 saturated carbocycles. The Balaban J connectivity index is 1.46. The molecule has 110 valence electrons. The van der Waals surface area contributed by atoms with E-state index >= 15 is 0 Å². The lowest BCUT2D eigenvalue weighted by atomic mass is 9.95. The fourth-order valence-corrected chi connectivity index (χ4v) is 3.17. The first-order chi connectivity index (χ1) is 10.2. The van der Waals surface area contributed by atoms with Gasteiger partial charge in [-0.2, -0.15) is 5.10 Å².